The molecule has 0 saturated carbocycles. The summed E-state index contributed by atoms with van der Waals surface area (Å²) in [6.45, 7) is 0. The first-order valence-electron chi connectivity index (χ1n) is 7.34. The lowest BCUT2D eigenvalue weighted by molar-refractivity contribution is 0.0939. The quantitative estimate of drug-likeness (QED) is 0.726. The van der Waals surface area contributed by atoms with Gasteiger partial charge in [-0.3, -0.25) is 4.79 Å². The highest BCUT2D eigenvalue weighted by Crippen LogP contribution is 2.18. The minimum absolute atomic E-state index is 0.138. The number of amides is 1. The topological polar surface area (TPSA) is 70.7 Å². The van der Waals surface area contributed by atoms with E-state index >= 15 is 0 Å². The van der Waals surface area contributed by atoms with Gasteiger partial charge in [0.1, 0.15) is 11.9 Å². The zero-order chi connectivity index (χ0) is 17.8. The van der Waals surface area contributed by atoms with Crippen molar-refractivity contribution >= 4 is 21.8 Å². The van der Waals surface area contributed by atoms with Gasteiger partial charge in [-0.05, 0) is 42.0 Å². The summed E-state index contributed by atoms with van der Waals surface area (Å²) in [7, 11) is 0. The van der Waals surface area contributed by atoms with Crippen LogP contribution in [0, 0.1) is 17.1 Å². The molecule has 1 atom stereocenters. The van der Waals surface area contributed by atoms with Gasteiger partial charge in [-0.15, -0.1) is 0 Å². The van der Waals surface area contributed by atoms with Gasteiger partial charge in [0.05, 0.1) is 11.8 Å². The van der Waals surface area contributed by atoms with E-state index in [9.17, 15) is 14.4 Å². The zero-order valence-corrected chi connectivity index (χ0v) is 14.4. The number of halogens is 2. The molecule has 1 N–H and O–H groups in total. The molecule has 1 aromatic heterocycles. The van der Waals surface area contributed by atoms with Crippen molar-refractivity contribution in [2.45, 2.75) is 6.04 Å². The van der Waals surface area contributed by atoms with Crippen molar-refractivity contribution in [3.8, 4) is 11.8 Å². The molecule has 0 spiro atoms. The molecule has 0 saturated heterocycles. The summed E-state index contributed by atoms with van der Waals surface area (Å²) in [5, 5.41) is 16.1. The van der Waals surface area contributed by atoms with E-state index in [1.165, 1.54) is 22.9 Å². The van der Waals surface area contributed by atoms with Gasteiger partial charge in [-0.25, -0.2) is 9.07 Å². The highest BCUT2D eigenvalue weighted by Gasteiger charge is 2.17. The third-order valence-corrected chi connectivity index (χ3v) is 3.97. The Morgan fingerprint density at radius 2 is 2.04 bits per heavy atom. The van der Waals surface area contributed by atoms with E-state index in [1.807, 2.05) is 6.07 Å². The maximum Gasteiger partial charge on any atom is 0.273 e. The first-order chi connectivity index (χ1) is 12.1. The molecule has 0 bridgehead atoms. The number of hydrogen-bond acceptors (Lipinski definition) is 3. The molecule has 3 rings (SSSR count). The summed E-state index contributed by atoms with van der Waals surface area (Å²) in [5.74, 6) is -0.875. The van der Waals surface area contributed by atoms with Crippen molar-refractivity contribution in [2.75, 3.05) is 0 Å². The van der Waals surface area contributed by atoms with Crippen molar-refractivity contribution in [2.24, 2.45) is 0 Å². The van der Waals surface area contributed by atoms with Crippen LogP contribution in [0.3, 0.4) is 0 Å². The first kappa shape index (κ1) is 16.9. The van der Waals surface area contributed by atoms with Crippen LogP contribution in [-0.2, 0) is 0 Å². The molecule has 0 aliphatic rings. The van der Waals surface area contributed by atoms with Gasteiger partial charge in [-0.1, -0.05) is 34.1 Å². The maximum absolute atomic E-state index is 13.3. The molecule has 0 aliphatic heterocycles. The van der Waals surface area contributed by atoms with Gasteiger partial charge in [0, 0.05) is 10.7 Å². The largest absolute Gasteiger partial charge is 0.331 e. The summed E-state index contributed by atoms with van der Waals surface area (Å²) in [6, 6.07) is 15.8. The lowest BCUT2D eigenvalue weighted by Gasteiger charge is -2.11. The van der Waals surface area contributed by atoms with Crippen molar-refractivity contribution in [1.82, 2.24) is 15.1 Å². The van der Waals surface area contributed by atoms with Gasteiger partial charge in [0.2, 0.25) is 0 Å². The minimum atomic E-state index is -0.802. The van der Waals surface area contributed by atoms with Crippen LogP contribution in [0.15, 0.2) is 65.3 Å². The monoisotopic (exact) mass is 398 g/mol. The average molecular weight is 399 g/mol. The van der Waals surface area contributed by atoms with Gasteiger partial charge >= 0.3 is 0 Å². The fourth-order valence-electron chi connectivity index (χ4n) is 2.29. The van der Waals surface area contributed by atoms with Crippen LogP contribution in [0.1, 0.15) is 22.1 Å². The Hall–Kier alpha value is -2.98. The molecule has 0 fully saturated rings. The number of nitriles is 1. The van der Waals surface area contributed by atoms with Gasteiger partial charge in [0.15, 0.2) is 5.69 Å². The predicted octanol–water partition coefficient (Wildman–Crippen LogP) is 3.77. The first-order valence-corrected chi connectivity index (χ1v) is 8.13. The number of carbonyl (C=O) groups excluding carboxylic acids is 1. The average Bonchev–Trinajstić information content (AvgIpc) is 3.10. The van der Waals surface area contributed by atoms with Crippen molar-refractivity contribution in [3.63, 3.8) is 0 Å². The van der Waals surface area contributed by atoms with Gasteiger partial charge < -0.3 is 5.32 Å². The van der Waals surface area contributed by atoms with Crippen LogP contribution in [-0.4, -0.2) is 15.7 Å². The van der Waals surface area contributed by atoms with Crippen LogP contribution in [0.2, 0.25) is 0 Å². The molecule has 5 nitrogen and oxygen atoms in total. The summed E-state index contributed by atoms with van der Waals surface area (Å²) < 4.78 is 15.5. The second-order valence-corrected chi connectivity index (χ2v) is 6.13. The number of aromatic nitrogens is 2. The Kier molecular flexibility index (Phi) is 4.91. The Bertz CT molecular complexity index is 963. The number of benzene rings is 2. The second kappa shape index (κ2) is 7.28. The molecule has 3 aromatic rings. The third kappa shape index (κ3) is 3.92. The Morgan fingerprint density at radius 3 is 2.76 bits per heavy atom. The molecule has 2 aromatic carbocycles. The predicted molar refractivity (Wildman–Crippen MR) is 93.5 cm³/mol. The highest BCUT2D eigenvalue weighted by atomic mass is 79.9. The molecule has 0 unspecified atom stereocenters. The van der Waals surface area contributed by atoms with E-state index in [1.54, 1.807) is 36.5 Å². The van der Waals surface area contributed by atoms with E-state index in [0.29, 0.717) is 11.3 Å². The molecule has 1 heterocycles. The van der Waals surface area contributed by atoms with Crippen LogP contribution < -0.4 is 5.32 Å². The lowest BCUT2D eigenvalue weighted by Crippen LogP contribution is -2.28. The maximum atomic E-state index is 13.3. The number of rotatable bonds is 4. The number of nitrogens with zero attached hydrogens (tertiary/aromatic N) is 3. The van der Waals surface area contributed by atoms with Crippen molar-refractivity contribution in [1.29, 1.82) is 5.26 Å². The molecule has 25 heavy (non-hydrogen) atoms. The Morgan fingerprint density at radius 1 is 1.24 bits per heavy atom. The van der Waals surface area contributed by atoms with Crippen LogP contribution >= 0.6 is 15.9 Å². The Labute approximate surface area is 151 Å². The van der Waals surface area contributed by atoms with E-state index in [-0.39, 0.29) is 5.69 Å². The standard InChI is InChI=1S/C18H12BrFN4O/c19-13-4-1-3-12(9-13)17(11-21)22-18(25)16-7-8-24(23-16)15-6-2-5-14(20)10-15/h1-10,17H,(H,22,25)/t17-/m0/s1. The van der Waals surface area contributed by atoms with Crippen LogP contribution in [0.4, 0.5) is 4.39 Å². The third-order valence-electron chi connectivity index (χ3n) is 3.48. The van der Waals surface area contributed by atoms with Crippen LogP contribution in [0.5, 0.6) is 0 Å². The summed E-state index contributed by atoms with van der Waals surface area (Å²) >= 11 is 3.34. The van der Waals surface area contributed by atoms with Crippen LogP contribution in [0.25, 0.3) is 5.69 Å². The zero-order valence-electron chi connectivity index (χ0n) is 12.9. The molecular formula is C18H12BrFN4O. The van der Waals surface area contributed by atoms with E-state index in [2.05, 4.69) is 32.4 Å². The molecular weight excluding hydrogens is 387 g/mol. The number of hydrogen-bond donors (Lipinski definition) is 1. The SMILES string of the molecule is N#C[C@H](NC(=O)c1ccn(-c2cccc(F)c2)n1)c1cccc(Br)c1. The summed E-state index contributed by atoms with van der Waals surface area (Å²) in [4.78, 5) is 12.4. The molecule has 0 radical (unpaired) electrons. The van der Waals surface area contributed by atoms with Gasteiger partial charge in [-0.2, -0.15) is 10.4 Å². The van der Waals surface area contributed by atoms with Crippen molar-refractivity contribution in [3.05, 3.63) is 82.3 Å². The normalized spacial score (nSPS) is 11.6. The Balaban J connectivity index is 1.78. The number of nitrogens with one attached hydrogen (secondary N) is 1. The highest BCUT2D eigenvalue weighted by molar-refractivity contribution is 9.10. The van der Waals surface area contributed by atoms with Gasteiger partial charge in [0.25, 0.3) is 5.91 Å². The smallest absolute Gasteiger partial charge is 0.273 e. The second-order valence-electron chi connectivity index (χ2n) is 5.22. The van der Waals surface area contributed by atoms with E-state index in [4.69, 9.17) is 0 Å². The lowest BCUT2D eigenvalue weighted by atomic mass is 10.1. The molecule has 7 heteroatoms. The summed E-state index contributed by atoms with van der Waals surface area (Å²) in [5.41, 5.74) is 1.30. The summed E-state index contributed by atoms with van der Waals surface area (Å²) in [6.07, 6.45) is 1.56. The molecule has 0 aliphatic carbocycles. The number of carbonyl (C=O) groups is 1. The molecule has 1 amide bonds. The van der Waals surface area contributed by atoms with E-state index < -0.39 is 17.8 Å². The molecule has 124 valence electrons. The van der Waals surface area contributed by atoms with Crippen molar-refractivity contribution < 1.29 is 9.18 Å². The van der Waals surface area contributed by atoms with E-state index in [0.717, 1.165) is 4.47 Å². The fourth-order valence-corrected chi connectivity index (χ4v) is 2.71. The fraction of sp³-hybridized carbons (Fsp3) is 0.0556. The minimum Gasteiger partial charge on any atom is -0.331 e.